The van der Waals surface area contributed by atoms with Crippen LogP contribution in [0.4, 0.5) is 0 Å². The molecule has 29 heavy (non-hydrogen) atoms. The highest BCUT2D eigenvalue weighted by molar-refractivity contribution is 5.85. The van der Waals surface area contributed by atoms with E-state index in [1.54, 1.807) is 25.3 Å². The zero-order chi connectivity index (χ0) is 21.4. The van der Waals surface area contributed by atoms with E-state index in [0.717, 1.165) is 23.8 Å². The number of rotatable bonds is 9. The summed E-state index contributed by atoms with van der Waals surface area (Å²) in [5.41, 5.74) is 3.19. The lowest BCUT2D eigenvalue weighted by molar-refractivity contribution is -0.131. The first kappa shape index (κ1) is 22.3. The van der Waals surface area contributed by atoms with Gasteiger partial charge in [-0.05, 0) is 52.8 Å². The monoisotopic (exact) mass is 398 g/mol. The van der Waals surface area contributed by atoms with Crippen molar-refractivity contribution in [1.29, 1.82) is 0 Å². The van der Waals surface area contributed by atoms with Gasteiger partial charge in [-0.2, -0.15) is 0 Å². The van der Waals surface area contributed by atoms with Crippen molar-refractivity contribution in [3.05, 3.63) is 59.2 Å². The molecule has 2 rings (SSSR count). The van der Waals surface area contributed by atoms with Crippen molar-refractivity contribution in [2.24, 2.45) is 0 Å². The largest absolute Gasteiger partial charge is 0.493 e. The van der Waals surface area contributed by atoms with Crippen LogP contribution in [0, 0.1) is 0 Å². The number of aryl methyl sites for hydroxylation is 1. The highest BCUT2D eigenvalue weighted by atomic mass is 16.5. The highest BCUT2D eigenvalue weighted by Gasteiger charge is 2.19. The quantitative estimate of drug-likeness (QED) is 0.470. The van der Waals surface area contributed by atoms with Crippen LogP contribution >= 0.6 is 0 Å². The summed E-state index contributed by atoms with van der Waals surface area (Å²) in [6.45, 7) is 9.44. The lowest BCUT2D eigenvalue weighted by Gasteiger charge is -2.24. The van der Waals surface area contributed by atoms with Gasteiger partial charge in [0.15, 0.2) is 11.5 Å². The standard InChI is InChI=1S/C24H30O5/c1-6-17-7-10-20(19(15-17)24(2,3)4)28-13-14-29-21-11-8-18(9-12-23(25)26)16-22(21)27-5/h7-12,15-16H,6,13-14H2,1-5H3,(H,25,26). The van der Waals surface area contributed by atoms with E-state index in [2.05, 4.69) is 39.8 Å². The van der Waals surface area contributed by atoms with Crippen molar-refractivity contribution in [2.45, 2.75) is 39.5 Å². The van der Waals surface area contributed by atoms with Crippen molar-refractivity contribution >= 4 is 12.0 Å². The van der Waals surface area contributed by atoms with Gasteiger partial charge in [0.25, 0.3) is 0 Å². The Kier molecular flexibility index (Phi) is 7.71. The van der Waals surface area contributed by atoms with E-state index in [4.69, 9.17) is 19.3 Å². The molecule has 0 saturated carbocycles. The summed E-state index contributed by atoms with van der Waals surface area (Å²) >= 11 is 0. The van der Waals surface area contributed by atoms with E-state index in [1.807, 2.05) is 6.07 Å². The normalized spacial score (nSPS) is 11.5. The van der Waals surface area contributed by atoms with Crippen molar-refractivity contribution in [3.8, 4) is 17.2 Å². The van der Waals surface area contributed by atoms with E-state index in [0.29, 0.717) is 24.7 Å². The Morgan fingerprint density at radius 2 is 1.66 bits per heavy atom. The van der Waals surface area contributed by atoms with Crippen LogP contribution in [0.2, 0.25) is 0 Å². The second-order valence-electron chi connectivity index (χ2n) is 7.71. The molecule has 5 heteroatoms. The summed E-state index contributed by atoms with van der Waals surface area (Å²) in [4.78, 5) is 10.7. The second kappa shape index (κ2) is 10.0. The molecule has 5 nitrogen and oxygen atoms in total. The Morgan fingerprint density at radius 1 is 1.00 bits per heavy atom. The van der Waals surface area contributed by atoms with Gasteiger partial charge in [0, 0.05) is 6.08 Å². The van der Waals surface area contributed by atoms with E-state index in [-0.39, 0.29) is 5.41 Å². The van der Waals surface area contributed by atoms with Gasteiger partial charge in [-0.15, -0.1) is 0 Å². The van der Waals surface area contributed by atoms with Crippen LogP contribution in [-0.2, 0) is 16.6 Å². The van der Waals surface area contributed by atoms with Crippen LogP contribution < -0.4 is 14.2 Å². The Hall–Kier alpha value is -2.95. The summed E-state index contributed by atoms with van der Waals surface area (Å²) in [5, 5.41) is 8.74. The van der Waals surface area contributed by atoms with E-state index in [9.17, 15) is 4.79 Å². The number of benzene rings is 2. The van der Waals surface area contributed by atoms with Gasteiger partial charge in [0.2, 0.25) is 0 Å². The van der Waals surface area contributed by atoms with Gasteiger partial charge >= 0.3 is 5.97 Å². The first-order valence-electron chi connectivity index (χ1n) is 9.72. The molecule has 0 aliphatic carbocycles. The number of hydrogen-bond donors (Lipinski definition) is 1. The molecule has 0 atom stereocenters. The molecule has 0 aliphatic heterocycles. The fraction of sp³-hybridized carbons (Fsp3) is 0.375. The van der Waals surface area contributed by atoms with Gasteiger partial charge in [-0.3, -0.25) is 0 Å². The average molecular weight is 398 g/mol. The summed E-state index contributed by atoms with van der Waals surface area (Å²) in [6.07, 6.45) is 3.58. The minimum Gasteiger partial charge on any atom is -0.493 e. The van der Waals surface area contributed by atoms with Crippen LogP contribution in [0.25, 0.3) is 6.08 Å². The van der Waals surface area contributed by atoms with Gasteiger partial charge in [0.1, 0.15) is 19.0 Å². The third-order valence-corrected chi connectivity index (χ3v) is 4.46. The molecule has 0 amide bonds. The van der Waals surface area contributed by atoms with Crippen LogP contribution in [0.15, 0.2) is 42.5 Å². The molecular formula is C24H30O5. The summed E-state index contributed by atoms with van der Waals surface area (Å²) in [6, 6.07) is 11.6. The zero-order valence-electron chi connectivity index (χ0n) is 17.8. The zero-order valence-corrected chi connectivity index (χ0v) is 17.8. The molecule has 0 aromatic heterocycles. The average Bonchev–Trinajstić information content (AvgIpc) is 2.69. The molecule has 0 unspecified atom stereocenters. The smallest absolute Gasteiger partial charge is 0.328 e. The molecule has 156 valence electrons. The maximum atomic E-state index is 10.7. The van der Waals surface area contributed by atoms with Crippen molar-refractivity contribution < 1.29 is 24.1 Å². The maximum absolute atomic E-state index is 10.7. The fourth-order valence-corrected chi connectivity index (χ4v) is 2.89. The molecule has 0 saturated heterocycles. The Balaban J connectivity index is 2.01. The first-order valence-corrected chi connectivity index (χ1v) is 9.72. The summed E-state index contributed by atoms with van der Waals surface area (Å²) in [7, 11) is 1.55. The molecule has 2 aromatic carbocycles. The van der Waals surface area contributed by atoms with Gasteiger partial charge < -0.3 is 19.3 Å². The lowest BCUT2D eigenvalue weighted by atomic mass is 9.85. The number of carboxylic acids is 1. The lowest BCUT2D eigenvalue weighted by Crippen LogP contribution is -2.16. The number of carbonyl (C=O) groups is 1. The molecule has 2 aromatic rings. The Labute approximate surface area is 172 Å². The number of carboxylic acid groups (broad SMARTS) is 1. The Bertz CT molecular complexity index is 862. The SMILES string of the molecule is CCc1ccc(OCCOc2ccc(C=CC(=O)O)cc2OC)c(C(C)(C)C)c1. The molecule has 0 heterocycles. The summed E-state index contributed by atoms with van der Waals surface area (Å²) in [5.74, 6) is 1.00. The topological polar surface area (TPSA) is 65.0 Å². The predicted octanol–water partition coefficient (Wildman–Crippen LogP) is 5.11. The van der Waals surface area contributed by atoms with Crippen LogP contribution in [-0.4, -0.2) is 31.4 Å². The molecule has 0 spiro atoms. The fourth-order valence-electron chi connectivity index (χ4n) is 2.89. The third kappa shape index (κ3) is 6.56. The van der Waals surface area contributed by atoms with E-state index < -0.39 is 5.97 Å². The Morgan fingerprint density at radius 3 is 2.24 bits per heavy atom. The molecule has 0 bridgehead atoms. The van der Waals surface area contributed by atoms with Crippen LogP contribution in [0.3, 0.4) is 0 Å². The number of hydrogen-bond acceptors (Lipinski definition) is 4. The number of ether oxygens (including phenoxy) is 3. The number of aliphatic carboxylic acids is 1. The molecule has 0 aliphatic rings. The van der Waals surface area contributed by atoms with Gasteiger partial charge in [-0.25, -0.2) is 4.79 Å². The third-order valence-electron chi connectivity index (χ3n) is 4.46. The first-order chi connectivity index (χ1) is 13.7. The summed E-state index contributed by atoms with van der Waals surface area (Å²) < 4.78 is 17.2. The van der Waals surface area contributed by atoms with Crippen molar-refractivity contribution in [2.75, 3.05) is 20.3 Å². The minimum atomic E-state index is -0.997. The molecular weight excluding hydrogens is 368 g/mol. The van der Waals surface area contributed by atoms with Crippen molar-refractivity contribution in [3.63, 3.8) is 0 Å². The van der Waals surface area contributed by atoms with E-state index in [1.165, 1.54) is 17.2 Å². The molecule has 0 fully saturated rings. The highest BCUT2D eigenvalue weighted by Crippen LogP contribution is 2.33. The molecule has 0 radical (unpaired) electrons. The molecule has 1 N–H and O–H groups in total. The van der Waals surface area contributed by atoms with Crippen molar-refractivity contribution in [1.82, 2.24) is 0 Å². The van der Waals surface area contributed by atoms with Gasteiger partial charge in [-0.1, -0.05) is 45.9 Å². The van der Waals surface area contributed by atoms with E-state index >= 15 is 0 Å². The minimum absolute atomic E-state index is 0.0100. The van der Waals surface area contributed by atoms with Crippen LogP contribution in [0.5, 0.6) is 17.2 Å². The predicted molar refractivity (Wildman–Crippen MR) is 115 cm³/mol. The van der Waals surface area contributed by atoms with Crippen LogP contribution in [0.1, 0.15) is 44.4 Å². The second-order valence-corrected chi connectivity index (χ2v) is 7.71. The van der Waals surface area contributed by atoms with Gasteiger partial charge in [0.05, 0.1) is 7.11 Å². The maximum Gasteiger partial charge on any atom is 0.328 e. The number of methoxy groups -OCH3 is 1.